The molecule has 4 nitrogen and oxygen atoms in total. The number of nitrogens with zero attached hydrogens (tertiary/aromatic N) is 1. The fourth-order valence-corrected chi connectivity index (χ4v) is 1.13. The van der Waals surface area contributed by atoms with Crippen LogP contribution in [0.15, 0.2) is 18.3 Å². The number of aromatic nitrogens is 1. The van der Waals surface area contributed by atoms with Gasteiger partial charge in [0.2, 0.25) is 0 Å². The third-order valence-electron chi connectivity index (χ3n) is 2.31. The predicted octanol–water partition coefficient (Wildman–Crippen LogP) is 1.87. The maximum Gasteiger partial charge on any atom is 0.312 e. The average Bonchev–Trinajstić information content (AvgIpc) is 2.19. The second-order valence-electron chi connectivity index (χ2n) is 4.81. The standard InChI is InChI=1S/C12H18N2O2/c1-5-9-6-7-10(14(16)8-9)13-11(15)12(2,3)4/h6-8H,5H2,1-4H3,(H,13,15). The molecule has 0 atom stereocenters. The van der Waals surface area contributed by atoms with E-state index in [0.717, 1.165) is 12.0 Å². The van der Waals surface area contributed by atoms with Crippen LogP contribution in [0, 0.1) is 10.6 Å². The molecule has 0 aliphatic heterocycles. The van der Waals surface area contributed by atoms with E-state index in [9.17, 15) is 10.0 Å². The molecule has 0 radical (unpaired) electrons. The van der Waals surface area contributed by atoms with Crippen molar-refractivity contribution in [3.05, 3.63) is 29.1 Å². The largest absolute Gasteiger partial charge is 0.711 e. The summed E-state index contributed by atoms with van der Waals surface area (Å²) in [7, 11) is 0. The number of hydrogen-bond acceptors (Lipinski definition) is 2. The molecule has 4 heteroatoms. The molecular weight excluding hydrogens is 204 g/mol. The number of nitrogens with one attached hydrogen (secondary N) is 1. The van der Waals surface area contributed by atoms with Crippen molar-refractivity contribution in [2.45, 2.75) is 34.1 Å². The molecule has 0 aliphatic rings. The van der Waals surface area contributed by atoms with Crippen LogP contribution < -0.4 is 10.0 Å². The van der Waals surface area contributed by atoms with Crippen molar-refractivity contribution in [2.75, 3.05) is 5.32 Å². The van der Waals surface area contributed by atoms with Crippen LogP contribution in [0.2, 0.25) is 0 Å². The third kappa shape index (κ3) is 2.95. The van der Waals surface area contributed by atoms with E-state index in [4.69, 9.17) is 0 Å². The predicted molar refractivity (Wildman–Crippen MR) is 62.9 cm³/mol. The molecule has 0 aliphatic carbocycles. The topological polar surface area (TPSA) is 56.0 Å². The van der Waals surface area contributed by atoms with E-state index in [1.807, 2.05) is 13.0 Å². The van der Waals surface area contributed by atoms with Gasteiger partial charge in [0.05, 0.1) is 11.6 Å². The number of pyridine rings is 1. The van der Waals surface area contributed by atoms with Gasteiger partial charge in [-0.15, -0.1) is 0 Å². The molecule has 0 aromatic carbocycles. The zero-order valence-electron chi connectivity index (χ0n) is 10.2. The van der Waals surface area contributed by atoms with Crippen molar-refractivity contribution in [1.29, 1.82) is 0 Å². The van der Waals surface area contributed by atoms with Gasteiger partial charge in [-0.1, -0.05) is 6.92 Å². The zero-order chi connectivity index (χ0) is 12.3. The Morgan fingerprint density at radius 2 is 2.06 bits per heavy atom. The monoisotopic (exact) mass is 222 g/mol. The first-order valence-electron chi connectivity index (χ1n) is 5.38. The van der Waals surface area contributed by atoms with Gasteiger partial charge in [-0.3, -0.25) is 0 Å². The average molecular weight is 222 g/mol. The van der Waals surface area contributed by atoms with Crippen LogP contribution in [-0.2, 0) is 11.2 Å². The summed E-state index contributed by atoms with van der Waals surface area (Å²) in [5.41, 5.74) is 0.444. The molecule has 0 spiro atoms. The van der Waals surface area contributed by atoms with Gasteiger partial charge >= 0.3 is 5.91 Å². The van der Waals surface area contributed by atoms with Crippen molar-refractivity contribution in [1.82, 2.24) is 0 Å². The molecule has 0 fully saturated rings. The Morgan fingerprint density at radius 1 is 1.44 bits per heavy atom. The molecule has 1 heterocycles. The Kier molecular flexibility index (Phi) is 3.52. The first kappa shape index (κ1) is 12.5. The summed E-state index contributed by atoms with van der Waals surface area (Å²) in [6, 6.07) is 3.47. The van der Waals surface area contributed by atoms with Gasteiger partial charge in [0, 0.05) is 6.07 Å². The highest BCUT2D eigenvalue weighted by Crippen LogP contribution is 2.15. The quantitative estimate of drug-likeness (QED) is 0.613. The molecule has 16 heavy (non-hydrogen) atoms. The van der Waals surface area contributed by atoms with Crippen molar-refractivity contribution in [3.8, 4) is 0 Å². The first-order chi connectivity index (χ1) is 7.34. The highest BCUT2D eigenvalue weighted by molar-refractivity contribution is 5.93. The van der Waals surface area contributed by atoms with Gasteiger partial charge in [-0.2, -0.15) is 0 Å². The van der Waals surface area contributed by atoms with Crippen LogP contribution in [0.25, 0.3) is 0 Å². The molecule has 0 bridgehead atoms. The number of carbonyl (C=O) groups is 1. The Balaban J connectivity index is 2.87. The van der Waals surface area contributed by atoms with E-state index in [1.54, 1.807) is 26.8 Å². The van der Waals surface area contributed by atoms with E-state index < -0.39 is 5.41 Å². The first-order valence-corrected chi connectivity index (χ1v) is 5.38. The number of carbonyl (C=O) groups excluding carboxylic acids is 1. The van der Waals surface area contributed by atoms with Crippen LogP contribution in [-0.4, -0.2) is 5.91 Å². The van der Waals surface area contributed by atoms with Crippen LogP contribution in [0.4, 0.5) is 5.82 Å². The Morgan fingerprint density at radius 3 is 2.50 bits per heavy atom. The summed E-state index contributed by atoms with van der Waals surface area (Å²) in [5.74, 6) is 0.110. The van der Waals surface area contributed by atoms with Crippen LogP contribution in [0.3, 0.4) is 0 Å². The lowest BCUT2D eigenvalue weighted by Gasteiger charge is -2.15. The highest BCUT2D eigenvalue weighted by atomic mass is 16.5. The Hall–Kier alpha value is -1.58. The number of aryl methyl sites for hydroxylation is 1. The molecule has 0 unspecified atom stereocenters. The fraction of sp³-hybridized carbons (Fsp3) is 0.500. The molecular formula is C12H18N2O2. The normalized spacial score (nSPS) is 11.2. The number of amides is 1. The van der Waals surface area contributed by atoms with E-state index >= 15 is 0 Å². The minimum Gasteiger partial charge on any atom is -0.711 e. The summed E-state index contributed by atoms with van der Waals surface area (Å²) >= 11 is 0. The maximum absolute atomic E-state index is 11.7. The van der Waals surface area contributed by atoms with Crippen molar-refractivity contribution in [3.63, 3.8) is 0 Å². The Labute approximate surface area is 95.9 Å². The summed E-state index contributed by atoms with van der Waals surface area (Å²) < 4.78 is 0.697. The van der Waals surface area contributed by atoms with E-state index in [2.05, 4.69) is 5.32 Å². The van der Waals surface area contributed by atoms with Crippen molar-refractivity contribution >= 4 is 11.7 Å². The SMILES string of the molecule is CCc1ccc(NC(=O)C(C)(C)C)[n+]([O-])c1. The van der Waals surface area contributed by atoms with Crippen LogP contribution >= 0.6 is 0 Å². The maximum atomic E-state index is 11.7. The molecule has 1 amide bonds. The minimum atomic E-state index is -0.504. The highest BCUT2D eigenvalue weighted by Gasteiger charge is 2.26. The molecule has 0 saturated carbocycles. The van der Waals surface area contributed by atoms with E-state index in [0.29, 0.717) is 4.73 Å². The van der Waals surface area contributed by atoms with Gasteiger partial charge in [0.25, 0.3) is 5.82 Å². The smallest absolute Gasteiger partial charge is 0.312 e. The number of rotatable bonds is 2. The molecule has 88 valence electrons. The van der Waals surface area contributed by atoms with Crippen LogP contribution in [0.5, 0.6) is 0 Å². The zero-order valence-corrected chi connectivity index (χ0v) is 10.2. The van der Waals surface area contributed by atoms with Crippen molar-refractivity contribution < 1.29 is 9.52 Å². The summed E-state index contributed by atoms with van der Waals surface area (Å²) in [6.07, 6.45) is 2.29. The molecule has 1 rings (SSSR count). The van der Waals surface area contributed by atoms with Crippen LogP contribution in [0.1, 0.15) is 33.3 Å². The minimum absolute atomic E-state index is 0.165. The fourth-order valence-electron chi connectivity index (χ4n) is 1.13. The van der Waals surface area contributed by atoms with Crippen molar-refractivity contribution in [2.24, 2.45) is 5.41 Å². The van der Waals surface area contributed by atoms with E-state index in [1.165, 1.54) is 6.20 Å². The summed E-state index contributed by atoms with van der Waals surface area (Å²) in [5, 5.41) is 14.2. The lowest BCUT2D eigenvalue weighted by atomic mass is 9.96. The second kappa shape index (κ2) is 4.51. The second-order valence-corrected chi connectivity index (χ2v) is 4.81. The van der Waals surface area contributed by atoms with Gasteiger partial charge in [-0.25, -0.2) is 14.8 Å². The van der Waals surface area contributed by atoms with Gasteiger partial charge in [-0.05, 0) is 38.8 Å². The molecule has 0 saturated heterocycles. The van der Waals surface area contributed by atoms with Gasteiger partial charge in [0.15, 0.2) is 0 Å². The molecule has 1 N–H and O–H groups in total. The lowest BCUT2D eigenvalue weighted by molar-refractivity contribution is -0.590. The summed E-state index contributed by atoms with van der Waals surface area (Å²) in [6.45, 7) is 7.39. The number of hydrogen-bond donors (Lipinski definition) is 1. The molecule has 1 aromatic heterocycles. The van der Waals surface area contributed by atoms with E-state index in [-0.39, 0.29) is 11.7 Å². The number of anilines is 1. The third-order valence-corrected chi connectivity index (χ3v) is 2.31. The Bertz CT molecular complexity index is 394. The van der Waals surface area contributed by atoms with Gasteiger partial charge in [0.1, 0.15) is 0 Å². The van der Waals surface area contributed by atoms with Gasteiger partial charge < -0.3 is 5.21 Å². The summed E-state index contributed by atoms with van der Waals surface area (Å²) in [4.78, 5) is 11.7. The molecule has 1 aromatic rings. The lowest BCUT2D eigenvalue weighted by Crippen LogP contribution is -2.36.